The highest BCUT2D eigenvalue weighted by Crippen LogP contribution is 2.30. The van der Waals surface area contributed by atoms with Gasteiger partial charge in [0.25, 0.3) is 0 Å². The van der Waals surface area contributed by atoms with Gasteiger partial charge in [-0.15, -0.1) is 0 Å². The first-order chi connectivity index (χ1) is 8.11. The van der Waals surface area contributed by atoms with Crippen LogP contribution in [0, 0.1) is 0 Å². The maximum Gasteiger partial charge on any atom is 0.109 e. The van der Waals surface area contributed by atoms with E-state index in [1.165, 1.54) is 0 Å². The number of aromatic nitrogens is 2. The first-order valence-corrected chi connectivity index (χ1v) is 6.44. The van der Waals surface area contributed by atoms with Gasteiger partial charge in [0.2, 0.25) is 0 Å². The van der Waals surface area contributed by atoms with Crippen LogP contribution in [0.4, 0.5) is 0 Å². The summed E-state index contributed by atoms with van der Waals surface area (Å²) < 4.78 is 2.66. The lowest BCUT2D eigenvalue weighted by Gasteiger charge is -2.11. The first kappa shape index (κ1) is 12.6. The molecule has 0 saturated carbocycles. The molecule has 0 aliphatic carbocycles. The molecule has 3 nitrogen and oxygen atoms in total. The number of aliphatic hydroxyl groups excluding tert-OH is 1. The fourth-order valence-corrected chi connectivity index (χ4v) is 2.37. The second kappa shape index (κ2) is 5.21. The molecule has 1 aromatic carbocycles. The Labute approximate surface area is 113 Å². The lowest BCUT2D eigenvalue weighted by atomic mass is 10.1. The molecule has 1 heterocycles. The van der Waals surface area contributed by atoms with Crippen molar-refractivity contribution in [1.82, 2.24) is 9.78 Å². The number of nitrogens with zero attached hydrogens (tertiary/aromatic N) is 2. The SMILES string of the molecule is CCn1cc(C(O)c2ccc(Br)cc2Cl)cn1. The fraction of sp³-hybridized carbons (Fsp3) is 0.250. The van der Waals surface area contributed by atoms with Gasteiger partial charge in [-0.1, -0.05) is 33.6 Å². The van der Waals surface area contributed by atoms with E-state index in [2.05, 4.69) is 21.0 Å². The van der Waals surface area contributed by atoms with Crippen LogP contribution in [-0.4, -0.2) is 14.9 Å². The van der Waals surface area contributed by atoms with E-state index < -0.39 is 6.10 Å². The molecule has 17 heavy (non-hydrogen) atoms. The molecule has 1 unspecified atom stereocenters. The summed E-state index contributed by atoms with van der Waals surface area (Å²) in [5, 5.41) is 14.9. The van der Waals surface area contributed by atoms with E-state index in [1.807, 2.05) is 19.2 Å². The van der Waals surface area contributed by atoms with Gasteiger partial charge in [0.05, 0.1) is 6.20 Å². The zero-order valence-electron chi connectivity index (χ0n) is 9.27. The quantitative estimate of drug-likeness (QED) is 0.942. The summed E-state index contributed by atoms with van der Waals surface area (Å²) in [7, 11) is 0. The molecule has 2 aromatic rings. The number of hydrogen-bond donors (Lipinski definition) is 1. The van der Waals surface area contributed by atoms with Crippen molar-refractivity contribution in [2.45, 2.75) is 19.6 Å². The van der Waals surface area contributed by atoms with Crippen LogP contribution in [0.1, 0.15) is 24.2 Å². The predicted molar refractivity (Wildman–Crippen MR) is 71.1 cm³/mol. The predicted octanol–water partition coefficient (Wildman–Crippen LogP) is 3.40. The van der Waals surface area contributed by atoms with E-state index in [0.29, 0.717) is 10.6 Å². The lowest BCUT2D eigenvalue weighted by molar-refractivity contribution is 0.220. The molecule has 0 radical (unpaired) electrons. The average molecular weight is 316 g/mol. The molecule has 1 aromatic heterocycles. The molecule has 1 atom stereocenters. The van der Waals surface area contributed by atoms with Crippen LogP contribution in [-0.2, 0) is 6.54 Å². The van der Waals surface area contributed by atoms with Crippen molar-refractivity contribution in [2.75, 3.05) is 0 Å². The molecule has 2 rings (SSSR count). The zero-order valence-corrected chi connectivity index (χ0v) is 11.6. The first-order valence-electron chi connectivity index (χ1n) is 5.27. The number of aliphatic hydroxyl groups is 1. The molecule has 0 aliphatic heterocycles. The van der Waals surface area contributed by atoms with Crippen LogP contribution in [0.3, 0.4) is 0 Å². The number of hydrogen-bond acceptors (Lipinski definition) is 2. The number of halogens is 2. The minimum absolute atomic E-state index is 0.538. The summed E-state index contributed by atoms with van der Waals surface area (Å²) in [5.74, 6) is 0. The summed E-state index contributed by atoms with van der Waals surface area (Å²) >= 11 is 9.43. The minimum atomic E-state index is -0.740. The molecule has 0 bridgehead atoms. The molecule has 1 N–H and O–H groups in total. The van der Waals surface area contributed by atoms with Crippen molar-refractivity contribution in [2.24, 2.45) is 0 Å². The van der Waals surface area contributed by atoms with Gasteiger partial charge in [-0.2, -0.15) is 5.10 Å². The van der Waals surface area contributed by atoms with Gasteiger partial charge in [0.1, 0.15) is 6.10 Å². The monoisotopic (exact) mass is 314 g/mol. The minimum Gasteiger partial charge on any atom is -0.383 e. The molecular formula is C12H12BrClN2O. The second-order valence-electron chi connectivity index (χ2n) is 3.70. The number of benzene rings is 1. The number of rotatable bonds is 3. The molecule has 0 aliphatic rings. The summed E-state index contributed by atoms with van der Waals surface area (Å²) in [4.78, 5) is 0. The van der Waals surface area contributed by atoms with Crippen LogP contribution >= 0.6 is 27.5 Å². The lowest BCUT2D eigenvalue weighted by Crippen LogP contribution is -1.99. The average Bonchev–Trinajstić information content (AvgIpc) is 2.76. The van der Waals surface area contributed by atoms with E-state index in [-0.39, 0.29) is 0 Å². The van der Waals surface area contributed by atoms with Crippen molar-refractivity contribution >= 4 is 27.5 Å². The third-order valence-corrected chi connectivity index (χ3v) is 3.37. The van der Waals surface area contributed by atoms with E-state index in [9.17, 15) is 5.11 Å². The third kappa shape index (κ3) is 2.70. The van der Waals surface area contributed by atoms with Crippen LogP contribution in [0.5, 0.6) is 0 Å². The molecule has 0 saturated heterocycles. The Hall–Kier alpha value is -0.840. The van der Waals surface area contributed by atoms with E-state index in [4.69, 9.17) is 11.6 Å². The second-order valence-corrected chi connectivity index (χ2v) is 5.02. The van der Waals surface area contributed by atoms with Crippen molar-refractivity contribution < 1.29 is 5.11 Å². The van der Waals surface area contributed by atoms with Crippen molar-refractivity contribution in [3.63, 3.8) is 0 Å². The van der Waals surface area contributed by atoms with E-state index in [1.54, 1.807) is 23.0 Å². The highest BCUT2D eigenvalue weighted by molar-refractivity contribution is 9.10. The molecule has 0 spiro atoms. The molecule has 0 fully saturated rings. The summed E-state index contributed by atoms with van der Waals surface area (Å²) in [6, 6.07) is 5.43. The smallest absolute Gasteiger partial charge is 0.109 e. The summed E-state index contributed by atoms with van der Waals surface area (Å²) in [6.07, 6.45) is 2.74. The Morgan fingerprint density at radius 1 is 1.53 bits per heavy atom. The Bertz CT molecular complexity index is 527. The molecule has 5 heteroatoms. The molecular weight excluding hydrogens is 304 g/mol. The van der Waals surface area contributed by atoms with Crippen molar-refractivity contribution in [3.8, 4) is 0 Å². The molecule has 90 valence electrons. The van der Waals surface area contributed by atoms with Crippen LogP contribution in [0.2, 0.25) is 5.02 Å². The standard InChI is InChI=1S/C12H12BrClN2O/c1-2-16-7-8(6-15-16)12(17)10-4-3-9(13)5-11(10)14/h3-7,12,17H,2H2,1H3. The summed E-state index contributed by atoms with van der Waals surface area (Å²) in [5.41, 5.74) is 1.43. The topological polar surface area (TPSA) is 38.0 Å². The Kier molecular flexibility index (Phi) is 3.86. The zero-order chi connectivity index (χ0) is 12.4. The van der Waals surface area contributed by atoms with Crippen molar-refractivity contribution in [1.29, 1.82) is 0 Å². The largest absolute Gasteiger partial charge is 0.383 e. The Morgan fingerprint density at radius 2 is 2.29 bits per heavy atom. The Balaban J connectivity index is 2.33. The van der Waals surface area contributed by atoms with Gasteiger partial charge in [-0.3, -0.25) is 4.68 Å². The highest BCUT2D eigenvalue weighted by atomic mass is 79.9. The maximum absolute atomic E-state index is 10.2. The van der Waals surface area contributed by atoms with Crippen LogP contribution < -0.4 is 0 Å². The van der Waals surface area contributed by atoms with Gasteiger partial charge in [-0.25, -0.2) is 0 Å². The van der Waals surface area contributed by atoms with Gasteiger partial charge < -0.3 is 5.11 Å². The van der Waals surface area contributed by atoms with E-state index in [0.717, 1.165) is 16.6 Å². The molecule has 0 amide bonds. The van der Waals surface area contributed by atoms with Gasteiger partial charge in [-0.05, 0) is 19.1 Å². The van der Waals surface area contributed by atoms with E-state index >= 15 is 0 Å². The van der Waals surface area contributed by atoms with Gasteiger partial charge >= 0.3 is 0 Å². The highest BCUT2D eigenvalue weighted by Gasteiger charge is 2.15. The van der Waals surface area contributed by atoms with Crippen LogP contribution in [0.15, 0.2) is 35.1 Å². The third-order valence-electron chi connectivity index (χ3n) is 2.55. The number of aryl methyl sites for hydroxylation is 1. The normalized spacial score (nSPS) is 12.7. The van der Waals surface area contributed by atoms with Crippen LogP contribution in [0.25, 0.3) is 0 Å². The van der Waals surface area contributed by atoms with Gasteiger partial charge in [0.15, 0.2) is 0 Å². The fourth-order valence-electron chi connectivity index (χ4n) is 1.60. The van der Waals surface area contributed by atoms with Crippen molar-refractivity contribution in [3.05, 3.63) is 51.2 Å². The Morgan fingerprint density at radius 3 is 2.88 bits per heavy atom. The summed E-state index contributed by atoms with van der Waals surface area (Å²) in [6.45, 7) is 2.77. The van der Waals surface area contributed by atoms with Gasteiger partial charge in [0, 0.05) is 33.4 Å². The maximum atomic E-state index is 10.2.